The monoisotopic (exact) mass is 287 g/mol. The predicted octanol–water partition coefficient (Wildman–Crippen LogP) is 3.24. The fourth-order valence-electron chi connectivity index (χ4n) is 2.26. The first-order valence-corrected chi connectivity index (χ1v) is 6.78. The van der Waals surface area contributed by atoms with Gasteiger partial charge in [0.05, 0.1) is 0 Å². The maximum Gasteiger partial charge on any atom is 0.255 e. The number of hydrogen-bond donors (Lipinski definition) is 0. The molecule has 0 aliphatic rings. The topological polar surface area (TPSA) is 46.3 Å². The summed E-state index contributed by atoms with van der Waals surface area (Å²) in [5.74, 6) is 1.40. The number of anilines is 2. The second-order valence-electron chi connectivity index (χ2n) is 4.40. The molecule has 0 N–H and O–H groups in total. The SMILES string of the molecule is CCN(c1ccccc1)c1c(C)c(Cl)nc2ncnn12. The fourth-order valence-corrected chi connectivity index (χ4v) is 2.42. The van der Waals surface area contributed by atoms with E-state index in [0.717, 1.165) is 23.6 Å². The minimum atomic E-state index is 0.454. The van der Waals surface area contributed by atoms with Gasteiger partial charge in [0, 0.05) is 17.8 Å². The average molecular weight is 288 g/mol. The number of aromatic nitrogens is 4. The van der Waals surface area contributed by atoms with E-state index in [1.165, 1.54) is 6.33 Å². The van der Waals surface area contributed by atoms with E-state index in [0.29, 0.717) is 10.9 Å². The van der Waals surface area contributed by atoms with Crippen molar-refractivity contribution in [2.24, 2.45) is 0 Å². The summed E-state index contributed by atoms with van der Waals surface area (Å²) in [4.78, 5) is 10.5. The number of benzene rings is 1. The van der Waals surface area contributed by atoms with Crippen LogP contribution in [0.15, 0.2) is 36.7 Å². The van der Waals surface area contributed by atoms with Gasteiger partial charge in [-0.15, -0.1) is 0 Å². The van der Waals surface area contributed by atoms with Gasteiger partial charge >= 0.3 is 0 Å². The van der Waals surface area contributed by atoms with Gasteiger partial charge in [0.2, 0.25) is 0 Å². The maximum absolute atomic E-state index is 6.22. The van der Waals surface area contributed by atoms with Crippen LogP contribution in [0.5, 0.6) is 0 Å². The van der Waals surface area contributed by atoms with Crippen LogP contribution in [0.25, 0.3) is 5.78 Å². The van der Waals surface area contributed by atoms with Crippen molar-refractivity contribution in [1.82, 2.24) is 19.6 Å². The zero-order valence-corrected chi connectivity index (χ0v) is 12.0. The lowest BCUT2D eigenvalue weighted by atomic mass is 10.2. The van der Waals surface area contributed by atoms with E-state index in [-0.39, 0.29) is 0 Å². The molecule has 6 heteroatoms. The molecule has 3 aromatic rings. The molecule has 0 spiro atoms. The van der Waals surface area contributed by atoms with Crippen molar-refractivity contribution in [3.05, 3.63) is 47.4 Å². The van der Waals surface area contributed by atoms with Gasteiger partial charge in [-0.3, -0.25) is 0 Å². The number of fused-ring (bicyclic) bond motifs is 1. The van der Waals surface area contributed by atoms with Crippen LogP contribution in [0.2, 0.25) is 5.15 Å². The fraction of sp³-hybridized carbons (Fsp3) is 0.214. The average Bonchev–Trinajstić information content (AvgIpc) is 2.92. The molecule has 0 unspecified atom stereocenters. The number of halogens is 1. The van der Waals surface area contributed by atoms with E-state index in [1.54, 1.807) is 4.52 Å². The van der Waals surface area contributed by atoms with Gasteiger partial charge in [-0.1, -0.05) is 29.8 Å². The van der Waals surface area contributed by atoms with Gasteiger partial charge in [-0.25, -0.2) is 0 Å². The van der Waals surface area contributed by atoms with E-state index in [4.69, 9.17) is 11.6 Å². The van der Waals surface area contributed by atoms with Crippen molar-refractivity contribution in [2.45, 2.75) is 13.8 Å². The normalized spacial score (nSPS) is 10.9. The molecule has 0 amide bonds. The summed E-state index contributed by atoms with van der Waals surface area (Å²) in [6.45, 7) is 4.82. The van der Waals surface area contributed by atoms with Crippen LogP contribution in [0, 0.1) is 6.92 Å². The summed E-state index contributed by atoms with van der Waals surface area (Å²) in [5, 5.41) is 4.71. The van der Waals surface area contributed by atoms with Crippen LogP contribution in [0.3, 0.4) is 0 Å². The highest BCUT2D eigenvalue weighted by atomic mass is 35.5. The van der Waals surface area contributed by atoms with Crippen LogP contribution < -0.4 is 4.90 Å². The Balaban J connectivity index is 2.26. The second-order valence-corrected chi connectivity index (χ2v) is 4.76. The quantitative estimate of drug-likeness (QED) is 0.694. The molecule has 0 fully saturated rings. The molecule has 0 atom stereocenters. The minimum absolute atomic E-state index is 0.454. The Morgan fingerprint density at radius 3 is 2.70 bits per heavy atom. The van der Waals surface area contributed by atoms with Gasteiger partial charge < -0.3 is 4.90 Å². The van der Waals surface area contributed by atoms with E-state index in [9.17, 15) is 0 Å². The molecule has 0 aliphatic heterocycles. The number of hydrogen-bond acceptors (Lipinski definition) is 4. The summed E-state index contributed by atoms with van der Waals surface area (Å²) in [5.41, 5.74) is 1.97. The van der Waals surface area contributed by atoms with Crippen LogP contribution >= 0.6 is 11.6 Å². The van der Waals surface area contributed by atoms with Crippen molar-refractivity contribution < 1.29 is 0 Å². The Kier molecular flexibility index (Phi) is 3.28. The molecule has 0 aliphatic carbocycles. The molecule has 3 rings (SSSR count). The largest absolute Gasteiger partial charge is 0.326 e. The molecular weight excluding hydrogens is 274 g/mol. The zero-order chi connectivity index (χ0) is 14.1. The highest BCUT2D eigenvalue weighted by molar-refractivity contribution is 6.30. The summed E-state index contributed by atoms with van der Waals surface area (Å²) in [7, 11) is 0. The first kappa shape index (κ1) is 12.9. The first-order chi connectivity index (χ1) is 9.72. The minimum Gasteiger partial charge on any atom is -0.326 e. The molecule has 102 valence electrons. The van der Waals surface area contributed by atoms with Crippen molar-refractivity contribution in [2.75, 3.05) is 11.4 Å². The smallest absolute Gasteiger partial charge is 0.255 e. The Bertz CT molecular complexity index is 738. The van der Waals surface area contributed by atoms with Crippen molar-refractivity contribution in [1.29, 1.82) is 0 Å². The molecule has 20 heavy (non-hydrogen) atoms. The van der Waals surface area contributed by atoms with Crippen LogP contribution in [-0.4, -0.2) is 26.1 Å². The first-order valence-electron chi connectivity index (χ1n) is 6.40. The van der Waals surface area contributed by atoms with Gasteiger partial charge in [0.1, 0.15) is 17.3 Å². The van der Waals surface area contributed by atoms with Crippen molar-refractivity contribution in [3.8, 4) is 0 Å². The predicted molar refractivity (Wildman–Crippen MR) is 79.7 cm³/mol. The highest BCUT2D eigenvalue weighted by Gasteiger charge is 2.18. The molecule has 0 radical (unpaired) electrons. The standard InChI is InChI=1S/C14H14ClN5/c1-3-19(11-7-5-4-6-8-11)13-10(2)12(15)18-14-16-9-17-20(13)14/h4-9H,3H2,1-2H3. The third-order valence-corrected chi connectivity index (χ3v) is 3.58. The summed E-state index contributed by atoms with van der Waals surface area (Å²) < 4.78 is 1.72. The molecule has 5 nitrogen and oxygen atoms in total. The number of para-hydroxylation sites is 1. The third kappa shape index (κ3) is 2.00. The lowest BCUT2D eigenvalue weighted by molar-refractivity contribution is 0.868. The van der Waals surface area contributed by atoms with E-state index < -0.39 is 0 Å². The molecule has 0 saturated heterocycles. The van der Waals surface area contributed by atoms with Gasteiger partial charge in [-0.2, -0.15) is 19.6 Å². The Morgan fingerprint density at radius 1 is 1.25 bits per heavy atom. The Labute approximate surface area is 121 Å². The summed E-state index contributed by atoms with van der Waals surface area (Å²) >= 11 is 6.22. The lowest BCUT2D eigenvalue weighted by Gasteiger charge is -2.25. The van der Waals surface area contributed by atoms with Gasteiger partial charge in [-0.05, 0) is 26.0 Å². The molecule has 0 bridgehead atoms. The van der Waals surface area contributed by atoms with E-state index in [2.05, 4.69) is 39.0 Å². The van der Waals surface area contributed by atoms with Crippen LogP contribution in [0.4, 0.5) is 11.5 Å². The molecule has 0 saturated carbocycles. The Hall–Kier alpha value is -2.14. The van der Waals surface area contributed by atoms with Crippen LogP contribution in [-0.2, 0) is 0 Å². The molecule has 1 aromatic carbocycles. The van der Waals surface area contributed by atoms with E-state index >= 15 is 0 Å². The summed E-state index contributed by atoms with van der Waals surface area (Å²) in [6.07, 6.45) is 1.49. The maximum atomic E-state index is 6.22. The highest BCUT2D eigenvalue weighted by Crippen LogP contribution is 2.30. The van der Waals surface area contributed by atoms with Gasteiger partial charge in [0.25, 0.3) is 5.78 Å². The van der Waals surface area contributed by atoms with Crippen LogP contribution in [0.1, 0.15) is 12.5 Å². The Morgan fingerprint density at radius 2 is 2.00 bits per heavy atom. The molecular formula is C14H14ClN5. The van der Waals surface area contributed by atoms with E-state index in [1.807, 2.05) is 25.1 Å². The molecule has 2 heterocycles. The van der Waals surface area contributed by atoms with Crippen molar-refractivity contribution in [3.63, 3.8) is 0 Å². The second kappa shape index (κ2) is 5.09. The number of nitrogens with zero attached hydrogens (tertiary/aromatic N) is 5. The zero-order valence-electron chi connectivity index (χ0n) is 11.3. The third-order valence-electron chi connectivity index (χ3n) is 3.21. The number of rotatable bonds is 3. The lowest BCUT2D eigenvalue weighted by Crippen LogP contribution is -2.21. The summed E-state index contributed by atoms with van der Waals surface area (Å²) in [6, 6.07) is 10.1. The molecule has 2 aromatic heterocycles. The van der Waals surface area contributed by atoms with Gasteiger partial charge in [0.15, 0.2) is 0 Å². The van der Waals surface area contributed by atoms with Crippen molar-refractivity contribution >= 4 is 28.9 Å².